The van der Waals surface area contributed by atoms with Crippen molar-refractivity contribution in [1.82, 2.24) is 10.2 Å². The standard InChI is InChI=1S/C14H14F2N4OS2/c1-7(12(21)17-9-4-5-10(15)11(16)6-9)22-14-20-19-13(23-14)18-8-2-3-8/h4-8H,2-3H2,1H3,(H,17,21)(H,18,19)/t7-/m0/s1. The van der Waals surface area contributed by atoms with Crippen LogP contribution in [0.15, 0.2) is 22.5 Å². The summed E-state index contributed by atoms with van der Waals surface area (Å²) in [6.45, 7) is 1.72. The van der Waals surface area contributed by atoms with Gasteiger partial charge in [0, 0.05) is 17.8 Å². The molecule has 0 unspecified atom stereocenters. The highest BCUT2D eigenvalue weighted by molar-refractivity contribution is 8.02. The minimum atomic E-state index is -0.997. The van der Waals surface area contributed by atoms with Gasteiger partial charge in [-0.2, -0.15) is 0 Å². The van der Waals surface area contributed by atoms with Crippen molar-refractivity contribution in [3.63, 3.8) is 0 Å². The number of thioether (sulfide) groups is 1. The fraction of sp³-hybridized carbons (Fsp3) is 0.357. The fourth-order valence-electron chi connectivity index (χ4n) is 1.74. The van der Waals surface area contributed by atoms with Crippen LogP contribution in [-0.2, 0) is 4.79 Å². The maximum atomic E-state index is 13.1. The molecule has 0 spiro atoms. The molecule has 0 radical (unpaired) electrons. The predicted molar refractivity (Wildman–Crippen MR) is 86.9 cm³/mol. The molecular weight excluding hydrogens is 342 g/mol. The van der Waals surface area contributed by atoms with Gasteiger partial charge >= 0.3 is 0 Å². The van der Waals surface area contributed by atoms with Crippen LogP contribution in [0.4, 0.5) is 19.6 Å². The number of rotatable bonds is 6. The van der Waals surface area contributed by atoms with Crippen molar-refractivity contribution >= 4 is 39.8 Å². The highest BCUT2D eigenvalue weighted by Gasteiger charge is 2.23. The summed E-state index contributed by atoms with van der Waals surface area (Å²) in [4.78, 5) is 12.1. The summed E-state index contributed by atoms with van der Waals surface area (Å²) >= 11 is 2.67. The van der Waals surface area contributed by atoms with Crippen LogP contribution in [0.1, 0.15) is 19.8 Å². The molecule has 122 valence electrons. The van der Waals surface area contributed by atoms with E-state index in [0.717, 1.165) is 30.1 Å². The number of amides is 1. The minimum Gasteiger partial charge on any atom is -0.357 e. The molecule has 1 aromatic heterocycles. The Morgan fingerprint density at radius 3 is 2.83 bits per heavy atom. The van der Waals surface area contributed by atoms with E-state index in [1.165, 1.54) is 29.2 Å². The molecule has 0 saturated heterocycles. The fourth-order valence-corrected chi connectivity index (χ4v) is 3.71. The second kappa shape index (κ2) is 6.79. The van der Waals surface area contributed by atoms with E-state index in [2.05, 4.69) is 20.8 Å². The first kappa shape index (κ1) is 16.1. The molecular formula is C14H14F2N4OS2. The van der Waals surface area contributed by atoms with Crippen molar-refractivity contribution in [2.75, 3.05) is 10.6 Å². The number of anilines is 2. The number of benzene rings is 1. The van der Waals surface area contributed by atoms with E-state index in [1.807, 2.05) is 0 Å². The Labute approximate surface area is 139 Å². The molecule has 1 aliphatic rings. The zero-order valence-electron chi connectivity index (χ0n) is 12.2. The van der Waals surface area contributed by atoms with Gasteiger partial charge in [0.05, 0.1) is 5.25 Å². The smallest absolute Gasteiger partial charge is 0.237 e. The van der Waals surface area contributed by atoms with E-state index in [0.29, 0.717) is 10.4 Å². The van der Waals surface area contributed by atoms with E-state index in [9.17, 15) is 13.6 Å². The molecule has 9 heteroatoms. The first-order valence-corrected chi connectivity index (χ1v) is 8.73. The Kier molecular flexibility index (Phi) is 4.76. The zero-order chi connectivity index (χ0) is 16.4. The Morgan fingerprint density at radius 2 is 2.13 bits per heavy atom. The van der Waals surface area contributed by atoms with Gasteiger partial charge in [0.15, 0.2) is 16.0 Å². The van der Waals surface area contributed by atoms with Crippen molar-refractivity contribution in [2.45, 2.75) is 35.4 Å². The van der Waals surface area contributed by atoms with Crippen LogP contribution >= 0.6 is 23.1 Å². The Morgan fingerprint density at radius 1 is 1.35 bits per heavy atom. The van der Waals surface area contributed by atoms with Crippen LogP contribution in [0.25, 0.3) is 0 Å². The third-order valence-corrected chi connectivity index (χ3v) is 5.18. The first-order chi connectivity index (χ1) is 11.0. The molecule has 1 aromatic carbocycles. The predicted octanol–water partition coefficient (Wildman–Crippen LogP) is 3.51. The topological polar surface area (TPSA) is 66.9 Å². The Hall–Kier alpha value is -1.74. The lowest BCUT2D eigenvalue weighted by molar-refractivity contribution is -0.115. The molecule has 1 aliphatic carbocycles. The summed E-state index contributed by atoms with van der Waals surface area (Å²) in [5.74, 6) is -2.26. The number of carbonyl (C=O) groups is 1. The molecule has 1 atom stereocenters. The van der Waals surface area contributed by atoms with Crippen molar-refractivity contribution in [3.05, 3.63) is 29.8 Å². The molecule has 2 aromatic rings. The third-order valence-electron chi connectivity index (χ3n) is 3.15. The molecule has 5 nitrogen and oxygen atoms in total. The number of hydrogen-bond donors (Lipinski definition) is 2. The summed E-state index contributed by atoms with van der Waals surface area (Å²) in [6.07, 6.45) is 2.30. The molecule has 0 aliphatic heterocycles. The molecule has 3 rings (SSSR count). The van der Waals surface area contributed by atoms with Crippen molar-refractivity contribution in [3.8, 4) is 0 Å². The van der Waals surface area contributed by atoms with Crippen LogP contribution in [-0.4, -0.2) is 27.4 Å². The van der Waals surface area contributed by atoms with Gasteiger partial charge in [-0.15, -0.1) is 10.2 Å². The monoisotopic (exact) mass is 356 g/mol. The van der Waals surface area contributed by atoms with Gasteiger partial charge < -0.3 is 10.6 Å². The third kappa shape index (κ3) is 4.38. The molecule has 1 fully saturated rings. The number of aromatic nitrogens is 2. The summed E-state index contributed by atoms with van der Waals surface area (Å²) in [5, 5.41) is 14.2. The van der Waals surface area contributed by atoms with E-state index in [1.54, 1.807) is 6.92 Å². The summed E-state index contributed by atoms with van der Waals surface area (Å²) in [6, 6.07) is 3.74. The van der Waals surface area contributed by atoms with Gasteiger partial charge in [-0.05, 0) is 31.9 Å². The lowest BCUT2D eigenvalue weighted by Gasteiger charge is -2.10. The quantitative estimate of drug-likeness (QED) is 0.776. The van der Waals surface area contributed by atoms with Crippen LogP contribution in [0.2, 0.25) is 0 Å². The van der Waals surface area contributed by atoms with Gasteiger partial charge in [0.1, 0.15) is 0 Å². The van der Waals surface area contributed by atoms with Gasteiger partial charge in [-0.3, -0.25) is 4.79 Å². The van der Waals surface area contributed by atoms with Crippen molar-refractivity contribution in [2.24, 2.45) is 0 Å². The Bertz CT molecular complexity index is 721. The van der Waals surface area contributed by atoms with E-state index >= 15 is 0 Å². The number of nitrogens with zero attached hydrogens (tertiary/aromatic N) is 2. The first-order valence-electron chi connectivity index (χ1n) is 7.04. The minimum absolute atomic E-state index is 0.217. The SMILES string of the molecule is C[C@H](Sc1nnc(NC2CC2)s1)C(=O)Nc1ccc(F)c(F)c1. The van der Waals surface area contributed by atoms with Crippen molar-refractivity contribution < 1.29 is 13.6 Å². The second-order valence-corrected chi connectivity index (χ2v) is 7.74. The summed E-state index contributed by atoms with van der Waals surface area (Å²) in [5.41, 5.74) is 0.217. The molecule has 0 bridgehead atoms. The molecule has 1 amide bonds. The Balaban J connectivity index is 1.56. The largest absolute Gasteiger partial charge is 0.357 e. The van der Waals surface area contributed by atoms with Gasteiger partial charge in [0.2, 0.25) is 11.0 Å². The van der Waals surface area contributed by atoms with Crippen molar-refractivity contribution in [1.29, 1.82) is 0 Å². The van der Waals surface area contributed by atoms with E-state index < -0.39 is 16.9 Å². The summed E-state index contributed by atoms with van der Waals surface area (Å²) < 4.78 is 26.7. The molecule has 23 heavy (non-hydrogen) atoms. The van der Waals surface area contributed by atoms with Gasteiger partial charge in [-0.25, -0.2) is 8.78 Å². The van der Waals surface area contributed by atoms with Crippen LogP contribution in [0.3, 0.4) is 0 Å². The van der Waals surface area contributed by atoms with Crippen LogP contribution in [0.5, 0.6) is 0 Å². The van der Waals surface area contributed by atoms with Gasteiger partial charge in [0.25, 0.3) is 0 Å². The number of carbonyl (C=O) groups excluding carboxylic acids is 1. The summed E-state index contributed by atoms with van der Waals surface area (Å²) in [7, 11) is 0. The van der Waals surface area contributed by atoms with E-state index in [4.69, 9.17) is 0 Å². The van der Waals surface area contributed by atoms with Crippen LogP contribution in [0, 0.1) is 11.6 Å². The maximum absolute atomic E-state index is 13.1. The number of halogens is 2. The molecule has 2 N–H and O–H groups in total. The number of hydrogen-bond acceptors (Lipinski definition) is 6. The second-order valence-electron chi connectivity index (χ2n) is 5.17. The molecule has 1 heterocycles. The highest BCUT2D eigenvalue weighted by Crippen LogP contribution is 2.32. The average Bonchev–Trinajstić information content (AvgIpc) is 3.21. The van der Waals surface area contributed by atoms with Gasteiger partial charge in [-0.1, -0.05) is 23.1 Å². The maximum Gasteiger partial charge on any atom is 0.237 e. The molecule has 1 saturated carbocycles. The lowest BCUT2D eigenvalue weighted by atomic mass is 10.3. The normalized spacial score (nSPS) is 15.3. The van der Waals surface area contributed by atoms with Crippen LogP contribution < -0.4 is 10.6 Å². The average molecular weight is 356 g/mol. The highest BCUT2D eigenvalue weighted by atomic mass is 32.2. The lowest BCUT2D eigenvalue weighted by Crippen LogP contribution is -2.22. The van der Waals surface area contributed by atoms with E-state index in [-0.39, 0.29) is 11.6 Å². The number of nitrogens with one attached hydrogen (secondary N) is 2. The zero-order valence-corrected chi connectivity index (χ0v) is 13.8.